The molecule has 0 saturated heterocycles. The maximum absolute atomic E-state index is 12.4. The van der Waals surface area contributed by atoms with Crippen molar-refractivity contribution in [2.75, 3.05) is 10.2 Å². The minimum Gasteiger partial charge on any atom is -0.321 e. The summed E-state index contributed by atoms with van der Waals surface area (Å²) in [5, 5.41) is 7.51. The van der Waals surface area contributed by atoms with Crippen LogP contribution in [-0.2, 0) is 17.9 Å². The predicted octanol–water partition coefficient (Wildman–Crippen LogP) is 3.73. The van der Waals surface area contributed by atoms with Crippen molar-refractivity contribution in [2.45, 2.75) is 19.5 Å². The van der Waals surface area contributed by atoms with Crippen molar-refractivity contribution in [1.29, 1.82) is 0 Å². The Morgan fingerprint density at radius 2 is 1.89 bits per heavy atom. The standard InChI is InChI=1S/C20H17ClN4O2/c21-16-3-1-2-4-17(16)23-20(27)15-7-5-14(6-8-15)13-24-18-9-11-22-25(18)12-10-19(24)26/h1-9,11H,10,12-13H2,(H,23,27). The van der Waals surface area contributed by atoms with E-state index in [2.05, 4.69) is 10.4 Å². The van der Waals surface area contributed by atoms with Crippen LogP contribution in [0.4, 0.5) is 11.5 Å². The minimum atomic E-state index is -0.234. The summed E-state index contributed by atoms with van der Waals surface area (Å²) in [5.41, 5.74) is 2.03. The minimum absolute atomic E-state index is 0.0727. The van der Waals surface area contributed by atoms with E-state index in [-0.39, 0.29) is 11.8 Å². The number of rotatable bonds is 4. The molecule has 1 N–H and O–H groups in total. The zero-order chi connectivity index (χ0) is 18.8. The molecular weight excluding hydrogens is 364 g/mol. The number of nitrogens with one attached hydrogen (secondary N) is 1. The molecule has 0 radical (unpaired) electrons. The van der Waals surface area contributed by atoms with E-state index >= 15 is 0 Å². The average molecular weight is 381 g/mol. The van der Waals surface area contributed by atoms with Crippen molar-refractivity contribution in [3.05, 3.63) is 76.9 Å². The Balaban J connectivity index is 1.47. The maximum Gasteiger partial charge on any atom is 0.255 e. The average Bonchev–Trinajstić information content (AvgIpc) is 3.15. The van der Waals surface area contributed by atoms with Gasteiger partial charge in [-0.25, -0.2) is 4.68 Å². The molecule has 0 spiro atoms. The lowest BCUT2D eigenvalue weighted by molar-refractivity contribution is -0.119. The summed E-state index contributed by atoms with van der Waals surface area (Å²) in [6, 6.07) is 16.1. The number of carbonyl (C=O) groups is 2. The molecule has 136 valence electrons. The number of halogens is 1. The van der Waals surface area contributed by atoms with Crippen LogP contribution < -0.4 is 10.2 Å². The quantitative estimate of drug-likeness (QED) is 0.750. The second kappa shape index (κ2) is 7.25. The molecule has 1 aromatic heterocycles. The fraction of sp³-hybridized carbons (Fsp3) is 0.150. The van der Waals surface area contributed by atoms with Gasteiger partial charge in [0.2, 0.25) is 5.91 Å². The van der Waals surface area contributed by atoms with Crippen molar-refractivity contribution in [3.8, 4) is 0 Å². The first-order valence-corrected chi connectivity index (χ1v) is 8.96. The first kappa shape index (κ1) is 17.3. The largest absolute Gasteiger partial charge is 0.321 e. The normalized spacial score (nSPS) is 13.4. The summed E-state index contributed by atoms with van der Waals surface area (Å²) in [7, 11) is 0. The van der Waals surface area contributed by atoms with Crippen LogP contribution in [0.3, 0.4) is 0 Å². The van der Waals surface area contributed by atoms with Crippen LogP contribution in [0.15, 0.2) is 60.8 Å². The highest BCUT2D eigenvalue weighted by atomic mass is 35.5. The maximum atomic E-state index is 12.4. The number of aryl methyl sites for hydroxylation is 1. The van der Waals surface area contributed by atoms with Gasteiger partial charge in [0, 0.05) is 18.1 Å². The van der Waals surface area contributed by atoms with Gasteiger partial charge in [-0.15, -0.1) is 0 Å². The molecule has 6 nitrogen and oxygen atoms in total. The summed E-state index contributed by atoms with van der Waals surface area (Å²) in [5.74, 6) is 0.636. The van der Waals surface area contributed by atoms with Crippen molar-refractivity contribution >= 4 is 34.9 Å². The number of benzene rings is 2. The van der Waals surface area contributed by atoms with Crippen LogP contribution in [0.2, 0.25) is 5.02 Å². The number of amides is 2. The molecule has 2 heterocycles. The number of nitrogens with zero attached hydrogens (tertiary/aromatic N) is 3. The van der Waals surface area contributed by atoms with Crippen LogP contribution in [0.1, 0.15) is 22.3 Å². The zero-order valence-corrected chi connectivity index (χ0v) is 15.2. The predicted molar refractivity (Wildman–Crippen MR) is 104 cm³/mol. The van der Waals surface area contributed by atoms with Crippen molar-refractivity contribution in [2.24, 2.45) is 0 Å². The fourth-order valence-electron chi connectivity index (χ4n) is 3.06. The van der Waals surface area contributed by atoms with E-state index in [4.69, 9.17) is 11.6 Å². The summed E-state index contributed by atoms with van der Waals surface area (Å²) in [4.78, 5) is 26.4. The third kappa shape index (κ3) is 3.57. The highest BCUT2D eigenvalue weighted by Crippen LogP contribution is 2.24. The van der Waals surface area contributed by atoms with Crippen molar-refractivity contribution in [1.82, 2.24) is 9.78 Å². The van der Waals surface area contributed by atoms with Crippen LogP contribution >= 0.6 is 11.6 Å². The molecule has 0 saturated carbocycles. The Bertz CT molecular complexity index is 997. The van der Waals surface area contributed by atoms with Gasteiger partial charge in [0.1, 0.15) is 5.82 Å². The van der Waals surface area contributed by atoms with E-state index in [9.17, 15) is 9.59 Å². The SMILES string of the molecule is O=C(Nc1ccccc1Cl)c1ccc(CN2C(=O)CCn3nccc32)cc1. The second-order valence-corrected chi connectivity index (χ2v) is 6.68. The molecule has 1 aliphatic rings. The Morgan fingerprint density at radius 3 is 2.67 bits per heavy atom. The third-order valence-electron chi connectivity index (χ3n) is 4.49. The first-order chi connectivity index (χ1) is 13.1. The molecule has 2 aromatic carbocycles. The summed E-state index contributed by atoms with van der Waals surface area (Å²) >= 11 is 6.08. The van der Waals surface area contributed by atoms with Gasteiger partial charge in [0.15, 0.2) is 0 Å². The smallest absolute Gasteiger partial charge is 0.255 e. The first-order valence-electron chi connectivity index (χ1n) is 8.59. The van der Waals surface area contributed by atoms with Crippen molar-refractivity contribution < 1.29 is 9.59 Å². The number of hydrogen-bond donors (Lipinski definition) is 1. The Morgan fingerprint density at radius 1 is 1.11 bits per heavy atom. The topological polar surface area (TPSA) is 67.2 Å². The van der Waals surface area contributed by atoms with E-state index in [1.807, 2.05) is 28.9 Å². The number of para-hydroxylation sites is 1. The molecule has 0 bridgehead atoms. The van der Waals surface area contributed by atoms with Gasteiger partial charge in [0.05, 0.1) is 30.0 Å². The lowest BCUT2D eigenvalue weighted by atomic mass is 10.1. The molecule has 0 fully saturated rings. The van der Waals surface area contributed by atoms with E-state index in [0.29, 0.717) is 35.8 Å². The molecule has 0 atom stereocenters. The Labute approximate surface area is 161 Å². The van der Waals surface area contributed by atoms with Gasteiger partial charge >= 0.3 is 0 Å². The monoisotopic (exact) mass is 380 g/mol. The molecule has 27 heavy (non-hydrogen) atoms. The van der Waals surface area contributed by atoms with Crippen molar-refractivity contribution in [3.63, 3.8) is 0 Å². The van der Waals surface area contributed by atoms with Gasteiger partial charge in [-0.2, -0.15) is 5.10 Å². The number of carbonyl (C=O) groups excluding carboxylic acids is 2. The number of aromatic nitrogens is 2. The van der Waals surface area contributed by atoms with Gasteiger partial charge in [-0.05, 0) is 29.8 Å². The van der Waals surface area contributed by atoms with Crippen LogP contribution in [-0.4, -0.2) is 21.6 Å². The molecule has 0 aliphatic carbocycles. The highest BCUT2D eigenvalue weighted by Gasteiger charge is 2.24. The van der Waals surface area contributed by atoms with E-state index in [1.165, 1.54) is 0 Å². The van der Waals surface area contributed by atoms with E-state index in [0.717, 1.165) is 11.4 Å². The molecule has 1 aliphatic heterocycles. The summed E-state index contributed by atoms with van der Waals surface area (Å²) in [6.45, 7) is 1.05. The van der Waals surface area contributed by atoms with Crippen LogP contribution in [0.25, 0.3) is 0 Å². The number of hydrogen-bond acceptors (Lipinski definition) is 3. The zero-order valence-electron chi connectivity index (χ0n) is 14.4. The molecule has 2 amide bonds. The number of anilines is 2. The van der Waals surface area contributed by atoms with Crippen LogP contribution in [0, 0.1) is 0 Å². The Hall–Kier alpha value is -3.12. The summed E-state index contributed by atoms with van der Waals surface area (Å²) < 4.78 is 1.83. The van der Waals surface area contributed by atoms with E-state index in [1.54, 1.807) is 41.4 Å². The number of fused-ring (bicyclic) bond motifs is 1. The highest BCUT2D eigenvalue weighted by molar-refractivity contribution is 6.33. The third-order valence-corrected chi connectivity index (χ3v) is 4.82. The summed E-state index contributed by atoms with van der Waals surface area (Å²) in [6.07, 6.45) is 2.14. The van der Waals surface area contributed by atoms with Crippen LogP contribution in [0.5, 0.6) is 0 Å². The lowest BCUT2D eigenvalue weighted by Gasteiger charge is -2.27. The second-order valence-electron chi connectivity index (χ2n) is 6.27. The van der Waals surface area contributed by atoms with E-state index < -0.39 is 0 Å². The molecule has 4 rings (SSSR count). The van der Waals surface area contributed by atoms with Gasteiger partial charge in [0.25, 0.3) is 5.91 Å². The molecule has 3 aromatic rings. The fourth-order valence-corrected chi connectivity index (χ4v) is 3.24. The van der Waals surface area contributed by atoms with Gasteiger partial charge < -0.3 is 5.32 Å². The molecule has 7 heteroatoms. The van der Waals surface area contributed by atoms with Gasteiger partial charge in [-0.3, -0.25) is 14.5 Å². The van der Waals surface area contributed by atoms with Gasteiger partial charge in [-0.1, -0.05) is 35.9 Å². The Kier molecular flexibility index (Phi) is 4.64. The lowest BCUT2D eigenvalue weighted by Crippen LogP contribution is -2.36. The molecule has 0 unspecified atom stereocenters. The molecular formula is C20H17ClN4O2.